The molecule has 0 fully saturated rings. The predicted molar refractivity (Wildman–Crippen MR) is 67.6 cm³/mol. The number of carboxylic acids is 1. The molecule has 0 aliphatic rings. The van der Waals surface area contributed by atoms with E-state index in [1.807, 2.05) is 0 Å². The highest BCUT2D eigenvalue weighted by Crippen LogP contribution is 2.11. The van der Waals surface area contributed by atoms with Crippen molar-refractivity contribution >= 4 is 17.6 Å². The Balaban J connectivity index is 2.80. The van der Waals surface area contributed by atoms with E-state index in [1.165, 1.54) is 11.8 Å². The SMILES string of the molecule is CC(C(=O)O)N(CC(N)=O)Cc1ccc(N)cc1. The topological polar surface area (TPSA) is 110 Å². The molecule has 1 amide bonds. The number of carboxylic acid groups (broad SMARTS) is 1. The van der Waals surface area contributed by atoms with Gasteiger partial charge in [-0.25, -0.2) is 0 Å². The molecule has 1 atom stereocenters. The number of primary amides is 1. The van der Waals surface area contributed by atoms with Crippen molar-refractivity contribution in [2.75, 3.05) is 12.3 Å². The Morgan fingerprint density at radius 2 is 1.89 bits per heavy atom. The molecule has 0 saturated carbocycles. The fraction of sp³-hybridized carbons (Fsp3) is 0.333. The van der Waals surface area contributed by atoms with Crippen LogP contribution in [0.25, 0.3) is 0 Å². The van der Waals surface area contributed by atoms with Gasteiger partial charge in [0.15, 0.2) is 0 Å². The number of carbonyl (C=O) groups is 2. The van der Waals surface area contributed by atoms with E-state index >= 15 is 0 Å². The minimum Gasteiger partial charge on any atom is -0.480 e. The molecular formula is C12H17N3O3. The smallest absolute Gasteiger partial charge is 0.320 e. The number of amides is 1. The van der Waals surface area contributed by atoms with Gasteiger partial charge in [-0.2, -0.15) is 0 Å². The van der Waals surface area contributed by atoms with E-state index in [4.69, 9.17) is 16.6 Å². The summed E-state index contributed by atoms with van der Waals surface area (Å²) < 4.78 is 0. The molecular weight excluding hydrogens is 234 g/mol. The highest BCUT2D eigenvalue weighted by molar-refractivity contribution is 5.78. The monoisotopic (exact) mass is 251 g/mol. The number of nitrogens with zero attached hydrogens (tertiary/aromatic N) is 1. The van der Waals surface area contributed by atoms with Gasteiger partial charge in [0.1, 0.15) is 6.04 Å². The Hall–Kier alpha value is -2.08. The van der Waals surface area contributed by atoms with Gasteiger partial charge in [0.2, 0.25) is 5.91 Å². The summed E-state index contributed by atoms with van der Waals surface area (Å²) in [4.78, 5) is 23.4. The van der Waals surface area contributed by atoms with Gasteiger partial charge in [0.05, 0.1) is 6.54 Å². The van der Waals surface area contributed by atoms with Crippen LogP contribution < -0.4 is 11.5 Å². The van der Waals surface area contributed by atoms with E-state index < -0.39 is 17.9 Å². The summed E-state index contributed by atoms with van der Waals surface area (Å²) in [6.45, 7) is 1.75. The third-order valence-corrected chi connectivity index (χ3v) is 2.63. The van der Waals surface area contributed by atoms with Crippen LogP contribution in [0.2, 0.25) is 0 Å². The van der Waals surface area contributed by atoms with Crippen molar-refractivity contribution in [2.45, 2.75) is 19.5 Å². The van der Waals surface area contributed by atoms with E-state index in [-0.39, 0.29) is 6.54 Å². The van der Waals surface area contributed by atoms with E-state index in [0.717, 1.165) is 5.56 Å². The highest BCUT2D eigenvalue weighted by atomic mass is 16.4. The van der Waals surface area contributed by atoms with Gasteiger partial charge in [0, 0.05) is 12.2 Å². The Morgan fingerprint density at radius 1 is 1.33 bits per heavy atom. The average molecular weight is 251 g/mol. The Morgan fingerprint density at radius 3 is 2.33 bits per heavy atom. The van der Waals surface area contributed by atoms with Gasteiger partial charge < -0.3 is 16.6 Å². The largest absolute Gasteiger partial charge is 0.480 e. The number of anilines is 1. The zero-order valence-corrected chi connectivity index (χ0v) is 10.2. The summed E-state index contributed by atoms with van der Waals surface area (Å²) >= 11 is 0. The number of benzene rings is 1. The molecule has 1 rings (SSSR count). The number of aliphatic carboxylic acids is 1. The molecule has 0 aliphatic carbocycles. The molecule has 1 unspecified atom stereocenters. The fourth-order valence-corrected chi connectivity index (χ4v) is 1.54. The van der Waals surface area contributed by atoms with Crippen LogP contribution in [0, 0.1) is 0 Å². The standard InChI is InChI=1S/C12H17N3O3/c1-8(12(17)18)15(7-11(14)16)6-9-2-4-10(13)5-3-9/h2-5,8H,6-7,13H2,1H3,(H2,14,16)(H,17,18). The highest BCUT2D eigenvalue weighted by Gasteiger charge is 2.22. The van der Waals surface area contributed by atoms with Crippen LogP contribution in [-0.4, -0.2) is 34.5 Å². The molecule has 1 aromatic carbocycles. The number of carbonyl (C=O) groups excluding carboxylic acids is 1. The lowest BCUT2D eigenvalue weighted by Gasteiger charge is -2.24. The number of rotatable bonds is 6. The van der Waals surface area contributed by atoms with Crippen molar-refractivity contribution in [3.8, 4) is 0 Å². The summed E-state index contributed by atoms with van der Waals surface area (Å²) in [6.07, 6.45) is 0. The number of nitrogens with two attached hydrogens (primary N) is 2. The van der Waals surface area contributed by atoms with Crippen molar-refractivity contribution in [2.24, 2.45) is 5.73 Å². The van der Waals surface area contributed by atoms with Crippen molar-refractivity contribution in [1.29, 1.82) is 0 Å². The summed E-state index contributed by atoms with van der Waals surface area (Å²) in [6, 6.07) is 6.25. The molecule has 0 heterocycles. The summed E-state index contributed by atoms with van der Waals surface area (Å²) in [5, 5.41) is 8.97. The predicted octanol–water partition coefficient (Wildman–Crippen LogP) is 0.0292. The van der Waals surface area contributed by atoms with Crippen LogP contribution >= 0.6 is 0 Å². The third kappa shape index (κ3) is 4.06. The van der Waals surface area contributed by atoms with Crippen molar-refractivity contribution in [3.05, 3.63) is 29.8 Å². The lowest BCUT2D eigenvalue weighted by molar-refractivity contribution is -0.143. The molecule has 6 heteroatoms. The van der Waals surface area contributed by atoms with Crippen molar-refractivity contribution in [1.82, 2.24) is 4.90 Å². The first-order chi connectivity index (χ1) is 8.40. The van der Waals surface area contributed by atoms with Crippen LogP contribution in [0.1, 0.15) is 12.5 Å². The van der Waals surface area contributed by atoms with E-state index in [0.29, 0.717) is 12.2 Å². The van der Waals surface area contributed by atoms with Crippen LogP contribution in [0.15, 0.2) is 24.3 Å². The average Bonchev–Trinajstić information content (AvgIpc) is 2.29. The molecule has 1 aromatic rings. The lowest BCUT2D eigenvalue weighted by Crippen LogP contribution is -2.43. The van der Waals surface area contributed by atoms with Gasteiger partial charge in [-0.15, -0.1) is 0 Å². The van der Waals surface area contributed by atoms with E-state index in [2.05, 4.69) is 0 Å². The molecule has 98 valence electrons. The first kappa shape index (κ1) is 14.0. The van der Waals surface area contributed by atoms with Crippen LogP contribution in [0.3, 0.4) is 0 Å². The molecule has 0 radical (unpaired) electrons. The summed E-state index contributed by atoms with van der Waals surface area (Å²) in [5.41, 5.74) is 12.2. The normalized spacial score (nSPS) is 12.3. The van der Waals surface area contributed by atoms with Crippen molar-refractivity contribution in [3.63, 3.8) is 0 Å². The molecule has 18 heavy (non-hydrogen) atoms. The van der Waals surface area contributed by atoms with E-state index in [9.17, 15) is 9.59 Å². The zero-order valence-electron chi connectivity index (χ0n) is 10.2. The first-order valence-electron chi connectivity index (χ1n) is 5.49. The Bertz CT molecular complexity index is 431. The number of hydrogen-bond acceptors (Lipinski definition) is 4. The third-order valence-electron chi connectivity index (χ3n) is 2.63. The molecule has 5 N–H and O–H groups in total. The number of hydrogen-bond donors (Lipinski definition) is 3. The van der Waals surface area contributed by atoms with Gasteiger partial charge in [-0.3, -0.25) is 14.5 Å². The van der Waals surface area contributed by atoms with Gasteiger partial charge in [-0.05, 0) is 24.6 Å². The second kappa shape index (κ2) is 6.02. The lowest BCUT2D eigenvalue weighted by atomic mass is 10.1. The first-order valence-corrected chi connectivity index (χ1v) is 5.49. The minimum atomic E-state index is -0.994. The zero-order chi connectivity index (χ0) is 13.7. The molecule has 0 spiro atoms. The Labute approximate surface area is 105 Å². The summed E-state index contributed by atoms with van der Waals surface area (Å²) in [7, 11) is 0. The van der Waals surface area contributed by atoms with Crippen LogP contribution in [0.5, 0.6) is 0 Å². The summed E-state index contributed by atoms with van der Waals surface area (Å²) in [5.74, 6) is -1.55. The van der Waals surface area contributed by atoms with Gasteiger partial charge >= 0.3 is 5.97 Å². The fourth-order valence-electron chi connectivity index (χ4n) is 1.54. The van der Waals surface area contributed by atoms with Gasteiger partial charge in [0.25, 0.3) is 0 Å². The van der Waals surface area contributed by atoms with Crippen molar-refractivity contribution < 1.29 is 14.7 Å². The molecule has 0 aromatic heterocycles. The second-order valence-electron chi connectivity index (χ2n) is 4.13. The van der Waals surface area contributed by atoms with E-state index in [1.54, 1.807) is 24.3 Å². The van der Waals surface area contributed by atoms with Crippen LogP contribution in [0.4, 0.5) is 5.69 Å². The minimum absolute atomic E-state index is 0.0994. The second-order valence-corrected chi connectivity index (χ2v) is 4.13. The Kier molecular flexibility index (Phi) is 4.67. The molecule has 0 bridgehead atoms. The maximum Gasteiger partial charge on any atom is 0.320 e. The maximum atomic E-state index is 11.0. The maximum absolute atomic E-state index is 11.0. The number of nitrogen functional groups attached to an aromatic ring is 1. The quantitative estimate of drug-likeness (QED) is 0.618. The van der Waals surface area contributed by atoms with Gasteiger partial charge in [-0.1, -0.05) is 12.1 Å². The molecule has 0 saturated heterocycles. The molecule has 6 nitrogen and oxygen atoms in total. The van der Waals surface area contributed by atoms with Crippen LogP contribution in [-0.2, 0) is 16.1 Å². The molecule has 0 aliphatic heterocycles.